The van der Waals surface area contributed by atoms with E-state index in [0.717, 1.165) is 5.56 Å². The number of benzene rings is 1. The van der Waals surface area contributed by atoms with Crippen LogP contribution in [-0.2, 0) is 6.61 Å². The minimum atomic E-state index is -0.597. The van der Waals surface area contributed by atoms with E-state index < -0.39 is 17.1 Å². The zero-order valence-corrected chi connectivity index (χ0v) is 16.9. The van der Waals surface area contributed by atoms with Crippen molar-refractivity contribution in [3.63, 3.8) is 0 Å². The van der Waals surface area contributed by atoms with E-state index in [1.807, 2.05) is 35.3 Å². The summed E-state index contributed by atoms with van der Waals surface area (Å²) in [5.41, 5.74) is 0.814. The molecule has 1 unspecified atom stereocenters. The third-order valence-corrected chi connectivity index (χ3v) is 6.15. The number of aromatic hydroxyl groups is 1. The fourth-order valence-corrected chi connectivity index (χ4v) is 4.68. The van der Waals surface area contributed by atoms with E-state index in [4.69, 9.17) is 0 Å². The van der Waals surface area contributed by atoms with Crippen LogP contribution in [0.5, 0.6) is 5.75 Å². The van der Waals surface area contributed by atoms with E-state index in [1.54, 1.807) is 27.5 Å². The summed E-state index contributed by atoms with van der Waals surface area (Å²) >= 11 is 0. The third-order valence-electron chi connectivity index (χ3n) is 6.15. The average molecular weight is 422 g/mol. The number of rotatable bonds is 3. The molecule has 0 spiro atoms. The Hall–Kier alpha value is -3.66. The largest absolute Gasteiger partial charge is 0.502 e. The van der Waals surface area contributed by atoms with E-state index in [-0.39, 0.29) is 30.6 Å². The molecule has 2 aromatic heterocycles. The van der Waals surface area contributed by atoms with Gasteiger partial charge in [0, 0.05) is 19.3 Å². The number of nitrogens with zero attached hydrogens (tertiary/aromatic N) is 6. The summed E-state index contributed by atoms with van der Waals surface area (Å²) in [5.74, 6) is -0.958. The molecule has 1 amide bonds. The van der Waals surface area contributed by atoms with Gasteiger partial charge in [-0.15, -0.1) is 5.10 Å². The second-order valence-electron chi connectivity index (χ2n) is 7.85. The summed E-state index contributed by atoms with van der Waals surface area (Å²) in [6, 6.07) is 10.7. The summed E-state index contributed by atoms with van der Waals surface area (Å²) < 4.78 is 3.34. The summed E-state index contributed by atoms with van der Waals surface area (Å²) in [5, 5.41) is 30.2. The molecular formula is C21H22N6O4. The van der Waals surface area contributed by atoms with Crippen LogP contribution in [0.25, 0.3) is 0 Å². The number of aromatic nitrogens is 4. The molecule has 1 fully saturated rings. The summed E-state index contributed by atoms with van der Waals surface area (Å²) in [6.07, 6.45) is 4.35. The van der Waals surface area contributed by atoms with Gasteiger partial charge in [0.05, 0.1) is 24.9 Å². The van der Waals surface area contributed by atoms with Crippen LogP contribution >= 0.6 is 0 Å². The lowest BCUT2D eigenvalue weighted by Gasteiger charge is -2.53. The zero-order chi connectivity index (χ0) is 21.7. The number of piperidine rings is 1. The first-order valence-corrected chi connectivity index (χ1v) is 10.1. The lowest BCUT2D eigenvalue weighted by molar-refractivity contribution is 0.0492. The minimum absolute atomic E-state index is 0.0533. The van der Waals surface area contributed by atoms with Gasteiger partial charge in [-0.3, -0.25) is 19.3 Å². The molecule has 0 aliphatic carbocycles. The first kappa shape index (κ1) is 19.3. The van der Waals surface area contributed by atoms with Crippen LogP contribution in [0.15, 0.2) is 53.6 Å². The van der Waals surface area contributed by atoms with Crippen molar-refractivity contribution >= 4 is 5.91 Å². The molecule has 4 heterocycles. The Morgan fingerprint density at radius 1 is 1.13 bits per heavy atom. The molecule has 1 aromatic carbocycles. The molecule has 0 saturated carbocycles. The number of hydrogen-bond donors (Lipinski definition) is 2. The molecular weight excluding hydrogens is 400 g/mol. The maximum absolute atomic E-state index is 13.0. The van der Waals surface area contributed by atoms with Crippen LogP contribution in [0.1, 0.15) is 46.7 Å². The molecule has 10 heteroatoms. The van der Waals surface area contributed by atoms with Gasteiger partial charge < -0.3 is 15.1 Å². The first-order valence-electron chi connectivity index (χ1n) is 10.1. The maximum Gasteiger partial charge on any atom is 0.277 e. The van der Waals surface area contributed by atoms with E-state index in [2.05, 4.69) is 10.3 Å². The van der Waals surface area contributed by atoms with Gasteiger partial charge in [-0.2, -0.15) is 0 Å². The summed E-state index contributed by atoms with van der Waals surface area (Å²) in [7, 11) is 1.68. The third kappa shape index (κ3) is 2.90. The lowest BCUT2D eigenvalue weighted by Crippen LogP contribution is -2.64. The van der Waals surface area contributed by atoms with Crippen LogP contribution in [0.4, 0.5) is 0 Å². The van der Waals surface area contributed by atoms with Gasteiger partial charge in [-0.05, 0) is 18.4 Å². The highest BCUT2D eigenvalue weighted by Crippen LogP contribution is 2.43. The number of hydrogen-bond acceptors (Lipinski definition) is 7. The Balaban J connectivity index is 1.72. The predicted molar refractivity (Wildman–Crippen MR) is 110 cm³/mol. The van der Waals surface area contributed by atoms with Gasteiger partial charge >= 0.3 is 0 Å². The highest BCUT2D eigenvalue weighted by atomic mass is 16.3. The van der Waals surface area contributed by atoms with Crippen LogP contribution < -0.4 is 10.4 Å². The summed E-state index contributed by atoms with van der Waals surface area (Å²) in [6.45, 7) is -0.204. The fraction of sp³-hybridized carbons (Fsp3) is 0.333. The van der Waals surface area contributed by atoms with Crippen LogP contribution in [0, 0.1) is 0 Å². The van der Waals surface area contributed by atoms with Crippen molar-refractivity contribution in [3.8, 4) is 5.75 Å². The van der Waals surface area contributed by atoms with Crippen LogP contribution in [0.2, 0.25) is 0 Å². The van der Waals surface area contributed by atoms with Gasteiger partial charge in [0.25, 0.3) is 5.91 Å². The van der Waals surface area contributed by atoms with E-state index in [1.165, 1.54) is 12.3 Å². The van der Waals surface area contributed by atoms with Gasteiger partial charge in [0.1, 0.15) is 11.9 Å². The average Bonchev–Trinajstić information content (AvgIpc) is 3.28. The Morgan fingerprint density at radius 3 is 2.61 bits per heavy atom. The number of pyridine rings is 1. The quantitative estimate of drug-likeness (QED) is 0.640. The topological polar surface area (TPSA) is 117 Å². The Morgan fingerprint density at radius 2 is 1.90 bits per heavy atom. The predicted octanol–water partition coefficient (Wildman–Crippen LogP) is 0.764. The monoisotopic (exact) mass is 422 g/mol. The van der Waals surface area contributed by atoms with Crippen molar-refractivity contribution < 1.29 is 15.0 Å². The molecule has 0 radical (unpaired) electrons. The van der Waals surface area contributed by atoms with Crippen molar-refractivity contribution in [1.29, 1.82) is 0 Å². The second kappa shape index (κ2) is 7.24. The van der Waals surface area contributed by atoms with Crippen molar-refractivity contribution in [2.24, 2.45) is 0 Å². The van der Waals surface area contributed by atoms with Gasteiger partial charge in [-0.25, -0.2) is 4.68 Å². The SMILES string of the molecule is CN1C(=O)c2c(O)c(=O)ccn2N2[C@H](c3ccccc3)C(n3cc(CO)nn3)CC[C@@H]12. The zero-order valence-electron chi connectivity index (χ0n) is 16.9. The number of carbonyl (C=O) groups is 1. The standard InChI is InChI=1S/C21H22N6O4/c1-24-17-8-7-15(25-11-14(12-28)22-23-25)18(13-5-3-2-4-6-13)27(17)26-10-9-16(29)20(30)19(26)21(24)31/h2-6,9-11,15,17-18,28,30H,7-8,12H2,1H3/t15?,17-,18+/m0/s1. The van der Waals surface area contributed by atoms with E-state index >= 15 is 0 Å². The van der Waals surface area contributed by atoms with E-state index in [9.17, 15) is 19.8 Å². The number of fused-ring (bicyclic) bond motifs is 3. The second-order valence-corrected chi connectivity index (χ2v) is 7.85. The highest BCUT2D eigenvalue weighted by Gasteiger charge is 2.47. The highest BCUT2D eigenvalue weighted by molar-refractivity contribution is 5.96. The molecule has 2 aliphatic rings. The molecule has 160 valence electrons. The van der Waals surface area contributed by atoms with E-state index in [0.29, 0.717) is 18.5 Å². The fourth-order valence-electron chi connectivity index (χ4n) is 4.68. The van der Waals surface area contributed by atoms with Gasteiger partial charge in [-0.1, -0.05) is 35.5 Å². The number of aliphatic hydroxyl groups excluding tert-OH is 1. The molecule has 10 nitrogen and oxygen atoms in total. The molecule has 2 N–H and O–H groups in total. The Labute approximate surface area is 177 Å². The van der Waals surface area contributed by atoms with Gasteiger partial charge in [0.15, 0.2) is 11.4 Å². The lowest BCUT2D eigenvalue weighted by atomic mass is 9.89. The van der Waals surface area contributed by atoms with Crippen molar-refractivity contribution in [3.05, 3.63) is 76.0 Å². The molecule has 5 rings (SSSR count). The van der Waals surface area contributed by atoms with Crippen molar-refractivity contribution in [2.75, 3.05) is 12.1 Å². The first-order chi connectivity index (χ1) is 15.0. The minimum Gasteiger partial charge on any atom is -0.502 e. The molecule has 1 saturated heterocycles. The molecule has 2 aliphatic heterocycles. The molecule has 0 bridgehead atoms. The molecule has 31 heavy (non-hydrogen) atoms. The number of aliphatic hydroxyl groups is 1. The Bertz CT molecular complexity index is 1190. The normalized spacial score (nSPS) is 22.9. The maximum atomic E-state index is 13.0. The number of amides is 1. The summed E-state index contributed by atoms with van der Waals surface area (Å²) in [4.78, 5) is 26.7. The molecule has 3 atom stereocenters. The van der Waals surface area contributed by atoms with Crippen molar-refractivity contribution in [1.82, 2.24) is 24.6 Å². The van der Waals surface area contributed by atoms with Crippen LogP contribution in [-0.4, -0.2) is 53.9 Å². The van der Waals surface area contributed by atoms with Crippen LogP contribution in [0.3, 0.4) is 0 Å². The smallest absolute Gasteiger partial charge is 0.277 e. The van der Waals surface area contributed by atoms with Crippen molar-refractivity contribution in [2.45, 2.75) is 37.7 Å². The van der Waals surface area contributed by atoms with Gasteiger partial charge in [0.2, 0.25) is 5.43 Å². The number of carbonyl (C=O) groups excluding carboxylic acids is 1. The molecule has 3 aromatic rings. The Kier molecular flexibility index (Phi) is 4.51.